The van der Waals surface area contributed by atoms with Gasteiger partial charge in [-0.2, -0.15) is 0 Å². The molecule has 0 bridgehead atoms. The SMILES string of the molecule is O=C(Nc1nnc(Cc2ccccc2)s1)c1cccc(S(=O)(=O)N2C[C@H](c3ccccc3)CC2=O)c1. The molecule has 0 unspecified atom stereocenters. The highest BCUT2D eigenvalue weighted by Crippen LogP contribution is 2.32. The van der Waals surface area contributed by atoms with E-state index in [4.69, 9.17) is 0 Å². The lowest BCUT2D eigenvalue weighted by molar-refractivity contribution is -0.123. The summed E-state index contributed by atoms with van der Waals surface area (Å²) >= 11 is 1.25. The highest BCUT2D eigenvalue weighted by molar-refractivity contribution is 7.89. The van der Waals surface area contributed by atoms with Gasteiger partial charge in [0.25, 0.3) is 15.9 Å². The zero-order chi connectivity index (χ0) is 25.1. The summed E-state index contributed by atoms with van der Waals surface area (Å²) in [5, 5.41) is 11.9. The van der Waals surface area contributed by atoms with Gasteiger partial charge in [-0.25, -0.2) is 12.7 Å². The molecule has 0 aliphatic carbocycles. The fourth-order valence-corrected chi connectivity index (χ4v) is 6.37. The van der Waals surface area contributed by atoms with E-state index in [0.29, 0.717) is 11.6 Å². The molecule has 0 radical (unpaired) electrons. The normalized spacial score (nSPS) is 15.7. The van der Waals surface area contributed by atoms with Crippen LogP contribution in [0.25, 0.3) is 0 Å². The van der Waals surface area contributed by atoms with Crippen LogP contribution in [0.15, 0.2) is 89.8 Å². The molecule has 36 heavy (non-hydrogen) atoms. The van der Waals surface area contributed by atoms with Crippen molar-refractivity contribution in [1.29, 1.82) is 0 Å². The second-order valence-electron chi connectivity index (χ2n) is 8.39. The maximum atomic E-state index is 13.3. The van der Waals surface area contributed by atoms with E-state index in [0.717, 1.165) is 20.4 Å². The first kappa shape index (κ1) is 23.8. The molecule has 3 aromatic carbocycles. The van der Waals surface area contributed by atoms with Crippen LogP contribution in [0, 0.1) is 0 Å². The van der Waals surface area contributed by atoms with Crippen LogP contribution in [0.2, 0.25) is 0 Å². The molecular weight excluding hydrogens is 496 g/mol. The maximum Gasteiger partial charge on any atom is 0.266 e. The third-order valence-corrected chi connectivity index (χ3v) is 8.55. The molecular formula is C26H22N4O4S2. The predicted molar refractivity (Wildman–Crippen MR) is 136 cm³/mol. The zero-order valence-corrected chi connectivity index (χ0v) is 20.7. The number of hydrogen-bond donors (Lipinski definition) is 1. The van der Waals surface area contributed by atoms with Crippen LogP contribution in [-0.4, -0.2) is 41.3 Å². The van der Waals surface area contributed by atoms with Gasteiger partial charge in [0.2, 0.25) is 11.0 Å². The van der Waals surface area contributed by atoms with Gasteiger partial charge in [0, 0.05) is 30.9 Å². The van der Waals surface area contributed by atoms with Crippen molar-refractivity contribution in [2.24, 2.45) is 0 Å². The van der Waals surface area contributed by atoms with Gasteiger partial charge >= 0.3 is 0 Å². The minimum Gasteiger partial charge on any atom is -0.296 e. The number of nitrogens with zero attached hydrogens (tertiary/aromatic N) is 3. The Hall–Kier alpha value is -3.89. The molecule has 1 saturated heterocycles. The Balaban J connectivity index is 1.30. The molecule has 10 heteroatoms. The molecule has 5 rings (SSSR count). The minimum absolute atomic E-state index is 0.0661. The topological polar surface area (TPSA) is 109 Å². The smallest absolute Gasteiger partial charge is 0.266 e. The first-order valence-electron chi connectivity index (χ1n) is 11.3. The van der Waals surface area contributed by atoms with E-state index in [-0.39, 0.29) is 29.3 Å². The molecule has 0 spiro atoms. The minimum atomic E-state index is -4.11. The molecule has 4 aromatic rings. The zero-order valence-electron chi connectivity index (χ0n) is 19.1. The summed E-state index contributed by atoms with van der Waals surface area (Å²) in [5.74, 6) is -1.18. The van der Waals surface area contributed by atoms with Crippen LogP contribution in [0.5, 0.6) is 0 Å². The lowest BCUT2D eigenvalue weighted by Crippen LogP contribution is -2.32. The van der Waals surface area contributed by atoms with Gasteiger partial charge in [-0.3, -0.25) is 14.9 Å². The Morgan fingerprint density at radius 3 is 2.44 bits per heavy atom. The van der Waals surface area contributed by atoms with Crippen molar-refractivity contribution >= 4 is 38.3 Å². The Labute approximate surface area is 212 Å². The average Bonchev–Trinajstić information content (AvgIpc) is 3.51. The molecule has 8 nitrogen and oxygen atoms in total. The number of rotatable bonds is 7. The van der Waals surface area contributed by atoms with E-state index >= 15 is 0 Å². The second kappa shape index (κ2) is 10.00. The summed E-state index contributed by atoms with van der Waals surface area (Å²) in [5.41, 5.74) is 2.14. The van der Waals surface area contributed by atoms with E-state index in [1.165, 1.54) is 35.6 Å². The van der Waals surface area contributed by atoms with Gasteiger partial charge in [0.1, 0.15) is 5.01 Å². The van der Waals surface area contributed by atoms with Crippen molar-refractivity contribution in [3.05, 3.63) is 107 Å². The molecule has 1 aliphatic rings. The van der Waals surface area contributed by atoms with E-state index in [1.54, 1.807) is 0 Å². The second-order valence-corrected chi connectivity index (χ2v) is 11.3. The summed E-state index contributed by atoms with van der Waals surface area (Å²) in [6.45, 7) is 0.0661. The lowest BCUT2D eigenvalue weighted by Gasteiger charge is -2.17. The van der Waals surface area contributed by atoms with Gasteiger partial charge < -0.3 is 0 Å². The number of anilines is 1. The Bertz CT molecular complexity index is 1510. The number of sulfonamides is 1. The van der Waals surface area contributed by atoms with Crippen molar-refractivity contribution in [2.45, 2.75) is 23.7 Å². The largest absolute Gasteiger partial charge is 0.296 e. The van der Waals surface area contributed by atoms with Crippen LogP contribution in [-0.2, 0) is 21.2 Å². The Morgan fingerprint density at radius 1 is 0.972 bits per heavy atom. The Morgan fingerprint density at radius 2 is 1.69 bits per heavy atom. The number of hydrogen-bond acceptors (Lipinski definition) is 7. The number of aromatic nitrogens is 2. The number of carbonyl (C=O) groups excluding carboxylic acids is 2. The van der Waals surface area contributed by atoms with Crippen LogP contribution in [0.1, 0.15) is 38.8 Å². The van der Waals surface area contributed by atoms with Crippen LogP contribution in [0.3, 0.4) is 0 Å². The molecule has 1 fully saturated rings. The highest BCUT2D eigenvalue weighted by atomic mass is 32.2. The first-order valence-corrected chi connectivity index (χ1v) is 13.5. The van der Waals surface area contributed by atoms with Crippen molar-refractivity contribution < 1.29 is 18.0 Å². The van der Waals surface area contributed by atoms with Crippen LogP contribution >= 0.6 is 11.3 Å². The average molecular weight is 519 g/mol. The summed E-state index contributed by atoms with van der Waals surface area (Å²) in [7, 11) is -4.11. The number of benzene rings is 3. The molecule has 1 aromatic heterocycles. The highest BCUT2D eigenvalue weighted by Gasteiger charge is 2.39. The van der Waals surface area contributed by atoms with Gasteiger partial charge in [-0.05, 0) is 29.3 Å². The van der Waals surface area contributed by atoms with E-state index < -0.39 is 21.8 Å². The van der Waals surface area contributed by atoms with Gasteiger partial charge in [0.05, 0.1) is 4.90 Å². The van der Waals surface area contributed by atoms with E-state index in [1.807, 2.05) is 60.7 Å². The molecule has 1 aliphatic heterocycles. The fourth-order valence-electron chi connectivity index (χ4n) is 4.10. The molecule has 1 atom stereocenters. The van der Waals surface area contributed by atoms with E-state index in [2.05, 4.69) is 15.5 Å². The van der Waals surface area contributed by atoms with Crippen LogP contribution in [0.4, 0.5) is 5.13 Å². The standard InChI is InChI=1S/C26H22N4O4S2/c31-24-16-21(19-10-5-2-6-11-19)17-30(24)36(33,34)22-13-7-12-20(15-22)25(32)27-26-29-28-23(35-26)14-18-8-3-1-4-9-18/h1-13,15,21H,14,16-17H2,(H,27,29,32)/t21-/m1/s1. The van der Waals surface area contributed by atoms with Gasteiger partial charge in [-0.15, -0.1) is 10.2 Å². The monoisotopic (exact) mass is 518 g/mol. The fraction of sp³-hybridized carbons (Fsp3) is 0.154. The van der Waals surface area contributed by atoms with Crippen molar-refractivity contribution in [2.75, 3.05) is 11.9 Å². The predicted octanol–water partition coefficient (Wildman–Crippen LogP) is 4.09. The quantitative estimate of drug-likeness (QED) is 0.395. The third kappa shape index (κ3) is 5.05. The van der Waals surface area contributed by atoms with Gasteiger partial charge in [0.15, 0.2) is 0 Å². The molecule has 0 saturated carbocycles. The third-order valence-electron chi connectivity index (χ3n) is 5.93. The van der Waals surface area contributed by atoms with Crippen molar-refractivity contribution in [3.8, 4) is 0 Å². The summed E-state index contributed by atoms with van der Waals surface area (Å²) in [4.78, 5) is 25.3. The number of nitrogens with one attached hydrogen (secondary N) is 1. The lowest BCUT2D eigenvalue weighted by atomic mass is 9.99. The van der Waals surface area contributed by atoms with Crippen molar-refractivity contribution in [1.82, 2.24) is 14.5 Å². The molecule has 2 heterocycles. The first-order chi connectivity index (χ1) is 17.4. The van der Waals surface area contributed by atoms with Gasteiger partial charge in [-0.1, -0.05) is 78.1 Å². The maximum absolute atomic E-state index is 13.3. The summed E-state index contributed by atoms with van der Waals surface area (Å²) in [6.07, 6.45) is 0.710. The number of carbonyl (C=O) groups is 2. The van der Waals surface area contributed by atoms with Crippen LogP contribution < -0.4 is 5.32 Å². The summed E-state index contributed by atoms with van der Waals surface area (Å²) in [6, 6.07) is 24.8. The summed E-state index contributed by atoms with van der Waals surface area (Å²) < 4.78 is 27.5. The van der Waals surface area contributed by atoms with Crippen molar-refractivity contribution in [3.63, 3.8) is 0 Å². The molecule has 1 N–H and O–H groups in total. The molecule has 2 amide bonds. The molecule has 182 valence electrons. The number of amides is 2. The van der Waals surface area contributed by atoms with E-state index in [9.17, 15) is 18.0 Å². The Kier molecular flexibility index (Phi) is 6.62.